The van der Waals surface area contributed by atoms with Crippen molar-refractivity contribution in [3.63, 3.8) is 0 Å². The van der Waals surface area contributed by atoms with Crippen LogP contribution in [-0.4, -0.2) is 51.3 Å². The van der Waals surface area contributed by atoms with Gasteiger partial charge in [0.2, 0.25) is 5.60 Å². The lowest BCUT2D eigenvalue weighted by molar-refractivity contribution is -0.206. The highest BCUT2D eigenvalue weighted by Gasteiger charge is 2.65. The van der Waals surface area contributed by atoms with E-state index >= 15 is 0 Å². The minimum Gasteiger partial charge on any atom is -0.463 e. The molecule has 4 heterocycles. The van der Waals surface area contributed by atoms with Gasteiger partial charge in [-0.15, -0.1) is 0 Å². The first-order valence-electron chi connectivity index (χ1n) is 10.8. The summed E-state index contributed by atoms with van der Waals surface area (Å²) in [7, 11) is 0. The van der Waals surface area contributed by atoms with Crippen LogP contribution in [0.4, 0.5) is 0 Å². The molecular weight excluding hydrogens is 424 g/mol. The Hall–Kier alpha value is -3.32. The van der Waals surface area contributed by atoms with Crippen LogP contribution in [0.3, 0.4) is 0 Å². The predicted molar refractivity (Wildman–Crippen MR) is 115 cm³/mol. The first-order chi connectivity index (χ1) is 15.8. The maximum absolute atomic E-state index is 12.4. The van der Waals surface area contributed by atoms with Crippen molar-refractivity contribution in [1.82, 2.24) is 14.6 Å². The van der Waals surface area contributed by atoms with Crippen LogP contribution in [0.5, 0.6) is 0 Å². The van der Waals surface area contributed by atoms with Crippen molar-refractivity contribution < 1.29 is 23.7 Å². The minimum absolute atomic E-state index is 0.0625. The number of nitrogens with zero attached hydrogens (tertiary/aromatic N) is 4. The molecule has 0 radical (unpaired) electrons. The highest BCUT2D eigenvalue weighted by molar-refractivity contribution is 5.72. The Balaban J connectivity index is 1.43. The van der Waals surface area contributed by atoms with Gasteiger partial charge in [-0.3, -0.25) is 4.79 Å². The molecule has 3 aromatic rings. The average Bonchev–Trinajstić information content (AvgIpc) is 3.44. The van der Waals surface area contributed by atoms with Crippen LogP contribution < -0.4 is 0 Å². The number of hydrogen-bond donors (Lipinski definition) is 0. The molecule has 2 saturated heterocycles. The van der Waals surface area contributed by atoms with Gasteiger partial charge in [0, 0.05) is 0 Å². The van der Waals surface area contributed by atoms with Crippen LogP contribution in [-0.2, 0) is 35.8 Å². The van der Waals surface area contributed by atoms with E-state index in [9.17, 15) is 10.1 Å². The zero-order valence-corrected chi connectivity index (χ0v) is 18.6. The van der Waals surface area contributed by atoms with Crippen LogP contribution >= 0.6 is 0 Å². The molecule has 9 nitrogen and oxygen atoms in total. The Morgan fingerprint density at radius 1 is 1.18 bits per heavy atom. The van der Waals surface area contributed by atoms with Crippen LogP contribution in [0, 0.1) is 18.3 Å². The maximum Gasteiger partial charge on any atom is 0.310 e. The second kappa shape index (κ2) is 7.92. The number of hydrogen-bond acceptors (Lipinski definition) is 8. The Morgan fingerprint density at radius 3 is 2.73 bits per heavy atom. The summed E-state index contributed by atoms with van der Waals surface area (Å²) in [5.74, 6) is -1.31. The summed E-state index contributed by atoms with van der Waals surface area (Å²) in [6, 6.07) is 15.3. The van der Waals surface area contributed by atoms with Crippen molar-refractivity contribution >= 4 is 11.5 Å². The predicted octanol–water partition coefficient (Wildman–Crippen LogP) is 2.46. The molecule has 0 spiro atoms. The number of carbonyl (C=O) groups is 1. The fourth-order valence-electron chi connectivity index (χ4n) is 4.56. The van der Waals surface area contributed by atoms with Crippen molar-refractivity contribution in [2.24, 2.45) is 0 Å². The number of nitriles is 1. The lowest BCUT2D eigenvalue weighted by Crippen LogP contribution is -2.40. The number of carbonyl (C=O) groups excluding carboxylic acids is 1. The lowest BCUT2D eigenvalue weighted by atomic mass is 9.92. The number of benzene rings is 1. The van der Waals surface area contributed by atoms with Gasteiger partial charge in [0.1, 0.15) is 37.3 Å². The molecule has 2 aliphatic heterocycles. The first kappa shape index (κ1) is 21.5. The highest BCUT2D eigenvalue weighted by atomic mass is 16.8. The van der Waals surface area contributed by atoms with E-state index in [-0.39, 0.29) is 19.0 Å². The molecule has 5 rings (SSSR count). The molecule has 4 atom stereocenters. The number of fused-ring (bicyclic) bond motifs is 2. The van der Waals surface area contributed by atoms with E-state index < -0.39 is 29.7 Å². The van der Waals surface area contributed by atoms with E-state index in [1.165, 1.54) is 6.33 Å². The topological polar surface area (TPSA) is 108 Å². The van der Waals surface area contributed by atoms with Gasteiger partial charge in [-0.25, -0.2) is 9.50 Å². The fraction of sp³-hybridized carbons (Fsp3) is 0.417. The van der Waals surface area contributed by atoms with E-state index in [1.54, 1.807) is 24.4 Å². The van der Waals surface area contributed by atoms with E-state index in [2.05, 4.69) is 16.2 Å². The third-order valence-electron chi connectivity index (χ3n) is 6.02. The molecule has 0 amide bonds. The molecule has 0 unspecified atom stereocenters. The maximum atomic E-state index is 12.4. The summed E-state index contributed by atoms with van der Waals surface area (Å²) in [5, 5.41) is 14.7. The molecule has 0 N–H and O–H groups in total. The largest absolute Gasteiger partial charge is 0.463 e. The molecular formula is C24H24N4O5. The van der Waals surface area contributed by atoms with Gasteiger partial charge in [0.15, 0.2) is 5.79 Å². The van der Waals surface area contributed by atoms with Gasteiger partial charge in [-0.05, 0) is 38.5 Å². The molecule has 2 fully saturated rings. The number of aryl methyl sites for hydroxylation is 1. The van der Waals surface area contributed by atoms with Gasteiger partial charge in [-0.1, -0.05) is 30.3 Å². The number of ether oxygens (including phenoxy) is 4. The van der Waals surface area contributed by atoms with E-state index in [1.807, 2.05) is 43.3 Å². The third-order valence-corrected chi connectivity index (χ3v) is 6.02. The first-order valence-corrected chi connectivity index (χ1v) is 10.8. The van der Waals surface area contributed by atoms with E-state index in [0.29, 0.717) is 5.69 Å². The van der Waals surface area contributed by atoms with E-state index in [0.717, 1.165) is 16.8 Å². The monoisotopic (exact) mass is 448 g/mol. The third kappa shape index (κ3) is 3.66. The number of esters is 1. The molecule has 170 valence electrons. The molecule has 33 heavy (non-hydrogen) atoms. The van der Waals surface area contributed by atoms with Crippen LogP contribution in [0.25, 0.3) is 5.52 Å². The van der Waals surface area contributed by atoms with Crippen LogP contribution in [0.15, 0.2) is 48.8 Å². The van der Waals surface area contributed by atoms with Crippen molar-refractivity contribution in [3.05, 3.63) is 65.7 Å². The number of rotatable bonds is 5. The molecule has 2 aromatic heterocycles. The molecule has 9 heteroatoms. The molecule has 2 aliphatic rings. The smallest absolute Gasteiger partial charge is 0.310 e. The fourth-order valence-corrected chi connectivity index (χ4v) is 4.56. The summed E-state index contributed by atoms with van der Waals surface area (Å²) in [5.41, 5.74) is 1.41. The zero-order valence-electron chi connectivity index (χ0n) is 18.6. The molecule has 0 saturated carbocycles. The lowest BCUT2D eigenvalue weighted by Gasteiger charge is -2.28. The van der Waals surface area contributed by atoms with Crippen LogP contribution in [0.2, 0.25) is 0 Å². The number of aromatic nitrogens is 3. The van der Waals surface area contributed by atoms with Gasteiger partial charge in [-0.2, -0.15) is 10.4 Å². The normalized spacial score (nSPS) is 27.9. The van der Waals surface area contributed by atoms with Crippen molar-refractivity contribution in [1.29, 1.82) is 5.26 Å². The van der Waals surface area contributed by atoms with Gasteiger partial charge in [0.05, 0.1) is 23.3 Å². The second-order valence-corrected chi connectivity index (χ2v) is 8.73. The zero-order chi connectivity index (χ0) is 23.2. The summed E-state index contributed by atoms with van der Waals surface area (Å²) in [4.78, 5) is 16.6. The highest BCUT2D eigenvalue weighted by Crippen LogP contribution is 2.49. The molecule has 0 aliphatic carbocycles. The summed E-state index contributed by atoms with van der Waals surface area (Å²) in [6.45, 7) is 5.38. The molecule has 1 aromatic carbocycles. The van der Waals surface area contributed by atoms with E-state index in [4.69, 9.17) is 18.9 Å². The Bertz CT molecular complexity index is 1230. The Kier molecular flexibility index (Phi) is 5.16. The standard InChI is InChI=1S/C24H24N4O5/c1-15-17-9-10-19(28(17)27-14-26-15)24(13-25)22-21(32-23(2,3)33-22)18(31-24)12-30-20(29)11-16-7-5-4-6-8-16/h4-10,14,18,21-22H,11-12H2,1-3H3/t18-,21-,22-,24+/m1/s1. The summed E-state index contributed by atoms with van der Waals surface area (Å²) in [6.07, 6.45) is -0.443. The minimum atomic E-state index is -1.50. The Morgan fingerprint density at radius 2 is 1.97 bits per heavy atom. The van der Waals surface area contributed by atoms with Gasteiger partial charge < -0.3 is 18.9 Å². The summed E-state index contributed by atoms with van der Waals surface area (Å²) < 4.78 is 25.7. The van der Waals surface area contributed by atoms with Crippen LogP contribution in [0.1, 0.15) is 30.8 Å². The average molecular weight is 448 g/mol. The van der Waals surface area contributed by atoms with Crippen molar-refractivity contribution in [2.45, 2.75) is 56.9 Å². The van der Waals surface area contributed by atoms with Gasteiger partial charge in [0.25, 0.3) is 0 Å². The Labute approximate surface area is 190 Å². The molecule has 0 bridgehead atoms. The SMILES string of the molecule is Cc1ncnn2c([C@]3(C#N)O[C@H](COC(=O)Cc4ccccc4)[C@H]4OC(C)(C)O[C@H]43)ccc12. The summed E-state index contributed by atoms with van der Waals surface area (Å²) >= 11 is 0. The van der Waals surface area contributed by atoms with Crippen molar-refractivity contribution in [2.75, 3.05) is 6.61 Å². The van der Waals surface area contributed by atoms with Gasteiger partial charge >= 0.3 is 5.97 Å². The second-order valence-electron chi connectivity index (χ2n) is 8.73. The quantitative estimate of drug-likeness (QED) is 0.548. The van der Waals surface area contributed by atoms with Crippen molar-refractivity contribution in [3.8, 4) is 6.07 Å².